The molecule has 7 N–H and O–H groups in total. The number of phenolic OH excluding ortho intramolecular Hbond substituents is 1. The van der Waals surface area contributed by atoms with E-state index >= 15 is 0 Å². The average Bonchev–Trinajstić information content (AvgIpc) is 2.93. The van der Waals surface area contributed by atoms with E-state index in [1.807, 2.05) is 4.90 Å². The average molecular weight is 599 g/mol. The van der Waals surface area contributed by atoms with Crippen molar-refractivity contribution in [2.24, 2.45) is 17.6 Å². The Morgan fingerprint density at radius 3 is 2.37 bits per heavy atom. The van der Waals surface area contributed by atoms with Crippen LogP contribution in [0.15, 0.2) is 35.9 Å². The number of hydrogen-bond donors (Lipinski definition) is 6. The number of rotatable bonds is 11. The number of Topliss-reactive ketones (excluding diaryl/α,β-unsaturated/α-hetero) is 2. The molecule has 0 aliphatic heterocycles. The lowest BCUT2D eigenvalue weighted by Gasteiger charge is -2.47. The number of halogens is 1. The molecule has 1 saturated carbocycles. The number of carbonyl (C=O) groups excluding carboxylic acids is 3. The first-order chi connectivity index (χ1) is 20.2. The molecule has 0 heterocycles. The maximum atomic E-state index is 14.1. The third-order valence-electron chi connectivity index (χ3n) is 8.62. The summed E-state index contributed by atoms with van der Waals surface area (Å²) in [6, 6.07) is 7.20. The SMILES string of the molecule is CN(C)c1cc(CNCc2ccccc2F)c(O)c2c1C[C@H]1C[C@@H]([C@H](CO)N(C)C)[C@@](O)(C(=O)CC(N)=O)C(=O)C1=C2O. The van der Waals surface area contributed by atoms with Gasteiger partial charge in [-0.25, -0.2) is 4.39 Å². The van der Waals surface area contributed by atoms with Crippen molar-refractivity contribution in [1.82, 2.24) is 10.2 Å². The zero-order valence-corrected chi connectivity index (χ0v) is 24.7. The summed E-state index contributed by atoms with van der Waals surface area (Å²) in [6.07, 6.45) is -0.700. The van der Waals surface area contributed by atoms with Gasteiger partial charge in [0.1, 0.15) is 17.3 Å². The van der Waals surface area contributed by atoms with E-state index in [0.717, 1.165) is 0 Å². The molecular formula is C31H39FN4O7. The minimum absolute atomic E-state index is 0.00274. The van der Waals surface area contributed by atoms with Gasteiger partial charge in [0.05, 0.1) is 18.6 Å². The Morgan fingerprint density at radius 2 is 1.79 bits per heavy atom. The highest BCUT2D eigenvalue weighted by Crippen LogP contribution is 2.51. The predicted molar refractivity (Wildman–Crippen MR) is 158 cm³/mol. The molecule has 2 aliphatic rings. The van der Waals surface area contributed by atoms with Gasteiger partial charge in [0.2, 0.25) is 11.7 Å². The van der Waals surface area contributed by atoms with Crippen LogP contribution in [0.1, 0.15) is 35.1 Å². The van der Waals surface area contributed by atoms with Gasteiger partial charge in [-0.1, -0.05) is 18.2 Å². The van der Waals surface area contributed by atoms with Gasteiger partial charge in [0.15, 0.2) is 11.4 Å². The Hall–Kier alpha value is -3.84. The lowest BCUT2D eigenvalue weighted by atomic mass is 9.59. The summed E-state index contributed by atoms with van der Waals surface area (Å²) in [4.78, 5) is 42.4. The van der Waals surface area contributed by atoms with Crippen molar-refractivity contribution in [3.63, 3.8) is 0 Å². The lowest BCUT2D eigenvalue weighted by molar-refractivity contribution is -0.163. The molecule has 43 heavy (non-hydrogen) atoms. The van der Waals surface area contributed by atoms with E-state index in [0.29, 0.717) is 22.4 Å². The Kier molecular flexibility index (Phi) is 9.26. The van der Waals surface area contributed by atoms with Crippen molar-refractivity contribution in [3.05, 3.63) is 64.0 Å². The molecule has 232 valence electrons. The molecule has 0 spiro atoms. The number of nitrogens with one attached hydrogen (secondary N) is 1. The van der Waals surface area contributed by atoms with Gasteiger partial charge in [-0.3, -0.25) is 14.4 Å². The topological polar surface area (TPSA) is 177 Å². The van der Waals surface area contributed by atoms with Crippen LogP contribution in [0.2, 0.25) is 0 Å². The van der Waals surface area contributed by atoms with Crippen LogP contribution in [-0.2, 0) is 33.9 Å². The fourth-order valence-corrected chi connectivity index (χ4v) is 6.45. The number of aromatic hydroxyl groups is 1. The number of nitrogens with two attached hydrogens (primary N) is 1. The van der Waals surface area contributed by atoms with Crippen LogP contribution in [0.5, 0.6) is 5.75 Å². The molecule has 0 saturated heterocycles. The molecule has 0 bridgehead atoms. The molecule has 4 atom stereocenters. The van der Waals surface area contributed by atoms with Crippen LogP contribution in [-0.4, -0.2) is 89.2 Å². The van der Waals surface area contributed by atoms with E-state index in [2.05, 4.69) is 5.32 Å². The fraction of sp³-hybridized carbons (Fsp3) is 0.452. The normalized spacial score (nSPS) is 22.3. The minimum Gasteiger partial charge on any atom is -0.507 e. The van der Waals surface area contributed by atoms with Gasteiger partial charge in [-0.2, -0.15) is 0 Å². The van der Waals surface area contributed by atoms with Gasteiger partial charge in [-0.15, -0.1) is 0 Å². The number of primary amides is 1. The van der Waals surface area contributed by atoms with Crippen molar-refractivity contribution in [2.45, 2.75) is 44.0 Å². The van der Waals surface area contributed by atoms with E-state index in [1.54, 1.807) is 57.4 Å². The summed E-state index contributed by atoms with van der Waals surface area (Å²) in [5.74, 6) is -6.27. The summed E-state index contributed by atoms with van der Waals surface area (Å²) in [5, 5.41) is 48.0. The number of phenols is 1. The number of nitrogens with zero attached hydrogens (tertiary/aromatic N) is 2. The molecule has 2 aromatic rings. The molecule has 0 radical (unpaired) electrons. The Morgan fingerprint density at radius 1 is 1.14 bits per heavy atom. The second-order valence-electron chi connectivity index (χ2n) is 11.7. The van der Waals surface area contributed by atoms with Crippen LogP contribution >= 0.6 is 0 Å². The van der Waals surface area contributed by atoms with Crippen LogP contribution in [0.4, 0.5) is 10.1 Å². The monoisotopic (exact) mass is 598 g/mol. The largest absolute Gasteiger partial charge is 0.507 e. The number of hydrogen-bond acceptors (Lipinski definition) is 10. The quantitative estimate of drug-likeness (QED) is 0.205. The van der Waals surface area contributed by atoms with Gasteiger partial charge < -0.3 is 41.3 Å². The van der Waals surface area contributed by atoms with Crippen LogP contribution in [0, 0.1) is 17.7 Å². The standard InChI is InChI=1S/C31H39FN4O7/c1-35(2)22-11-18(14-34-13-16-7-5-6-8-21(16)32)28(40)27-19(22)9-17-10-20(23(15-37)36(3)4)31(43,24(38)12-25(33)39)30(42)26(17)29(27)41/h5-8,11,17,20,23,34,37,40-41,43H,9-10,12-15H2,1-4H3,(H2,33,39)/t17-,20-,23-,31+/m0/s1. The first-order valence-corrected chi connectivity index (χ1v) is 14.0. The Bertz CT molecular complexity index is 1470. The molecule has 0 aromatic heterocycles. The number of anilines is 1. The zero-order valence-electron chi connectivity index (χ0n) is 24.7. The van der Waals surface area contributed by atoms with Crippen molar-refractivity contribution in [3.8, 4) is 5.75 Å². The molecule has 12 heteroatoms. The Balaban J connectivity index is 1.82. The third-order valence-corrected chi connectivity index (χ3v) is 8.62. The zero-order chi connectivity index (χ0) is 31.8. The first kappa shape index (κ1) is 32.1. The molecule has 4 rings (SSSR count). The molecule has 0 unspecified atom stereocenters. The number of likely N-dealkylation sites (N-methyl/N-ethyl adjacent to an activating group) is 1. The smallest absolute Gasteiger partial charge is 0.225 e. The van der Waals surface area contributed by atoms with Crippen LogP contribution in [0.3, 0.4) is 0 Å². The van der Waals surface area contributed by atoms with Gasteiger partial charge >= 0.3 is 0 Å². The molecular weight excluding hydrogens is 559 g/mol. The number of fused-ring (bicyclic) bond motifs is 2. The highest BCUT2D eigenvalue weighted by Gasteiger charge is 2.60. The maximum Gasteiger partial charge on any atom is 0.225 e. The number of benzene rings is 2. The summed E-state index contributed by atoms with van der Waals surface area (Å²) in [7, 11) is 6.85. The number of aliphatic hydroxyl groups excluding tert-OH is 2. The minimum atomic E-state index is -2.75. The predicted octanol–water partition coefficient (Wildman–Crippen LogP) is 1.02. The van der Waals surface area contributed by atoms with E-state index in [-0.39, 0.29) is 48.6 Å². The third kappa shape index (κ3) is 5.75. The maximum absolute atomic E-state index is 14.1. The van der Waals surface area contributed by atoms with Gasteiger partial charge in [-0.05, 0) is 50.6 Å². The van der Waals surface area contributed by atoms with E-state index < -0.39 is 59.7 Å². The fourth-order valence-electron chi connectivity index (χ4n) is 6.45. The molecule has 1 amide bonds. The van der Waals surface area contributed by atoms with Crippen LogP contribution < -0.4 is 16.0 Å². The molecule has 1 fully saturated rings. The molecule has 11 nitrogen and oxygen atoms in total. The molecule has 2 aliphatic carbocycles. The first-order valence-electron chi connectivity index (χ1n) is 14.0. The van der Waals surface area contributed by atoms with E-state index in [1.165, 1.54) is 6.07 Å². The summed E-state index contributed by atoms with van der Waals surface area (Å²) in [5.41, 5.74) is 4.31. The Labute approximate surface area is 249 Å². The van der Waals surface area contributed by atoms with E-state index in [4.69, 9.17) is 5.73 Å². The number of ketones is 2. The van der Waals surface area contributed by atoms with Gasteiger partial charge in [0.25, 0.3) is 0 Å². The lowest BCUT2D eigenvalue weighted by Crippen LogP contribution is -2.64. The van der Waals surface area contributed by atoms with Gasteiger partial charge in [0, 0.05) is 61.5 Å². The summed E-state index contributed by atoms with van der Waals surface area (Å²) < 4.78 is 14.1. The summed E-state index contributed by atoms with van der Waals surface area (Å²) >= 11 is 0. The summed E-state index contributed by atoms with van der Waals surface area (Å²) in [6.45, 7) is -0.223. The molecule has 2 aromatic carbocycles. The second kappa shape index (κ2) is 12.4. The second-order valence-corrected chi connectivity index (χ2v) is 11.7. The highest BCUT2D eigenvalue weighted by atomic mass is 19.1. The van der Waals surface area contributed by atoms with Crippen molar-refractivity contribution in [2.75, 3.05) is 39.7 Å². The number of aliphatic hydroxyl groups is 3. The van der Waals surface area contributed by atoms with E-state index in [9.17, 15) is 39.2 Å². The van der Waals surface area contributed by atoms with Crippen molar-refractivity contribution in [1.29, 1.82) is 0 Å². The van der Waals surface area contributed by atoms with Crippen molar-refractivity contribution < 1.29 is 39.2 Å². The highest BCUT2D eigenvalue weighted by molar-refractivity contribution is 6.23. The number of amides is 1. The number of carbonyl (C=O) groups is 3. The van der Waals surface area contributed by atoms with Crippen molar-refractivity contribution >= 4 is 28.9 Å². The van der Waals surface area contributed by atoms with Crippen LogP contribution in [0.25, 0.3) is 5.76 Å².